The van der Waals surface area contributed by atoms with Crippen LogP contribution in [0.5, 0.6) is 0 Å². The number of hydrogen-bond donors (Lipinski definition) is 2. The van der Waals surface area contributed by atoms with Crippen LogP contribution in [0.3, 0.4) is 0 Å². The molecule has 0 heterocycles. The minimum absolute atomic E-state index is 0.0753. The quantitative estimate of drug-likeness (QED) is 0.784. The Morgan fingerprint density at radius 2 is 1.52 bits per heavy atom. The highest BCUT2D eigenvalue weighted by Gasteiger charge is 2.12. The molecule has 0 aromatic heterocycles. The van der Waals surface area contributed by atoms with Crippen molar-refractivity contribution in [2.75, 3.05) is 6.54 Å². The summed E-state index contributed by atoms with van der Waals surface area (Å²) in [6, 6.07) is 5.42. The second-order valence-electron chi connectivity index (χ2n) is 5.18. The van der Waals surface area contributed by atoms with Gasteiger partial charge in [0.2, 0.25) is 5.91 Å². The summed E-state index contributed by atoms with van der Waals surface area (Å²) >= 11 is 0. The first-order chi connectivity index (χ1) is 11.8. The molecule has 2 N–H and O–H groups in total. The maximum absolute atomic E-state index is 13.4. The summed E-state index contributed by atoms with van der Waals surface area (Å²) in [5.41, 5.74) is -0.0830. The first-order valence-corrected chi connectivity index (χ1v) is 7.30. The highest BCUT2D eigenvalue weighted by atomic mass is 19.1. The summed E-state index contributed by atoms with van der Waals surface area (Å²) in [5, 5.41) is 4.76. The molecule has 0 radical (unpaired) electrons. The fraction of sp³-hybridized carbons (Fsp3) is 0.176. The molecule has 8 heteroatoms. The maximum Gasteiger partial charge on any atom is 0.254 e. The summed E-state index contributed by atoms with van der Waals surface area (Å²) in [5.74, 6) is -4.56. The van der Waals surface area contributed by atoms with Crippen LogP contribution < -0.4 is 10.6 Å². The van der Waals surface area contributed by atoms with Gasteiger partial charge in [-0.2, -0.15) is 0 Å². The Kier molecular flexibility index (Phi) is 6.10. The highest BCUT2D eigenvalue weighted by Crippen LogP contribution is 2.09. The van der Waals surface area contributed by atoms with E-state index >= 15 is 0 Å². The highest BCUT2D eigenvalue weighted by molar-refractivity contribution is 5.94. The van der Waals surface area contributed by atoms with Gasteiger partial charge in [-0.3, -0.25) is 9.59 Å². The molecule has 4 nitrogen and oxygen atoms in total. The Labute approximate surface area is 140 Å². The second-order valence-corrected chi connectivity index (χ2v) is 5.18. The van der Waals surface area contributed by atoms with E-state index in [0.717, 1.165) is 30.3 Å². The van der Waals surface area contributed by atoms with E-state index in [1.54, 1.807) is 0 Å². The first-order valence-electron chi connectivity index (χ1n) is 7.30. The van der Waals surface area contributed by atoms with Crippen LogP contribution in [-0.2, 0) is 11.3 Å². The fourth-order valence-corrected chi connectivity index (χ4v) is 2.06. The molecule has 0 aliphatic heterocycles. The summed E-state index contributed by atoms with van der Waals surface area (Å²) in [7, 11) is 0. The molecule has 0 aliphatic carbocycles. The number of carbonyl (C=O) groups excluding carboxylic acids is 2. The normalized spacial score (nSPS) is 10.4. The van der Waals surface area contributed by atoms with Gasteiger partial charge in [-0.25, -0.2) is 17.6 Å². The van der Waals surface area contributed by atoms with Crippen molar-refractivity contribution >= 4 is 11.8 Å². The number of halogens is 4. The lowest BCUT2D eigenvalue weighted by molar-refractivity contribution is -0.121. The van der Waals surface area contributed by atoms with Crippen LogP contribution in [0.2, 0.25) is 0 Å². The van der Waals surface area contributed by atoms with E-state index in [4.69, 9.17) is 0 Å². The Balaban J connectivity index is 1.77. The SMILES string of the molecule is O=C(CCNC(=O)c1ccc(F)cc1F)NCc1cc(F)cc(F)c1. The number of benzene rings is 2. The maximum atomic E-state index is 13.4. The van der Waals surface area contributed by atoms with Gasteiger partial charge in [0.15, 0.2) is 0 Å². The minimum atomic E-state index is -1.00. The van der Waals surface area contributed by atoms with Gasteiger partial charge >= 0.3 is 0 Å². The summed E-state index contributed by atoms with van der Waals surface area (Å²) in [6.07, 6.45) is -0.119. The van der Waals surface area contributed by atoms with Gasteiger partial charge in [0, 0.05) is 31.6 Å². The van der Waals surface area contributed by atoms with E-state index in [1.807, 2.05) is 0 Å². The lowest BCUT2D eigenvalue weighted by Crippen LogP contribution is -2.31. The lowest BCUT2D eigenvalue weighted by atomic mass is 10.2. The van der Waals surface area contributed by atoms with E-state index < -0.39 is 35.1 Å². The van der Waals surface area contributed by atoms with Crippen molar-refractivity contribution in [3.05, 3.63) is 70.8 Å². The third kappa shape index (κ3) is 5.59. The van der Waals surface area contributed by atoms with Crippen molar-refractivity contribution < 1.29 is 27.2 Å². The summed E-state index contributed by atoms with van der Waals surface area (Å²) < 4.78 is 52.2. The smallest absolute Gasteiger partial charge is 0.254 e. The fourth-order valence-electron chi connectivity index (χ4n) is 2.06. The third-order valence-corrected chi connectivity index (χ3v) is 3.23. The molecule has 0 aliphatic rings. The molecular formula is C17H14F4N2O2. The largest absolute Gasteiger partial charge is 0.352 e. The van der Waals surface area contributed by atoms with E-state index in [-0.39, 0.29) is 30.6 Å². The van der Waals surface area contributed by atoms with Crippen LogP contribution in [-0.4, -0.2) is 18.4 Å². The van der Waals surface area contributed by atoms with Crippen LogP contribution in [0, 0.1) is 23.3 Å². The monoisotopic (exact) mass is 354 g/mol. The molecule has 132 valence electrons. The number of carbonyl (C=O) groups is 2. The van der Waals surface area contributed by atoms with E-state index in [2.05, 4.69) is 10.6 Å². The molecule has 2 aromatic carbocycles. The number of rotatable bonds is 6. The average molecular weight is 354 g/mol. The van der Waals surface area contributed by atoms with Crippen molar-refractivity contribution in [2.24, 2.45) is 0 Å². The Hall–Kier alpha value is -2.90. The number of hydrogen-bond acceptors (Lipinski definition) is 2. The van der Waals surface area contributed by atoms with Crippen LogP contribution in [0.4, 0.5) is 17.6 Å². The van der Waals surface area contributed by atoms with Gasteiger partial charge < -0.3 is 10.6 Å². The zero-order valence-corrected chi connectivity index (χ0v) is 12.9. The van der Waals surface area contributed by atoms with E-state index in [9.17, 15) is 27.2 Å². The molecular weight excluding hydrogens is 340 g/mol. The van der Waals surface area contributed by atoms with Crippen LogP contribution in [0.25, 0.3) is 0 Å². The van der Waals surface area contributed by atoms with E-state index in [0.29, 0.717) is 6.07 Å². The lowest BCUT2D eigenvalue weighted by Gasteiger charge is -2.08. The molecule has 2 amide bonds. The molecule has 0 spiro atoms. The van der Waals surface area contributed by atoms with Crippen molar-refractivity contribution in [3.63, 3.8) is 0 Å². The molecule has 0 atom stereocenters. The van der Waals surface area contributed by atoms with Gasteiger partial charge in [0.05, 0.1) is 5.56 Å². The molecule has 0 fully saturated rings. The van der Waals surface area contributed by atoms with Gasteiger partial charge in [0.1, 0.15) is 23.3 Å². The van der Waals surface area contributed by atoms with E-state index in [1.165, 1.54) is 0 Å². The third-order valence-electron chi connectivity index (χ3n) is 3.23. The van der Waals surface area contributed by atoms with Crippen molar-refractivity contribution in [2.45, 2.75) is 13.0 Å². The number of nitrogens with one attached hydrogen (secondary N) is 2. The zero-order valence-electron chi connectivity index (χ0n) is 12.9. The molecule has 25 heavy (non-hydrogen) atoms. The van der Waals surface area contributed by atoms with Crippen molar-refractivity contribution in [1.82, 2.24) is 10.6 Å². The Morgan fingerprint density at radius 3 is 2.16 bits per heavy atom. The molecule has 0 saturated heterocycles. The topological polar surface area (TPSA) is 58.2 Å². The Bertz CT molecular complexity index is 776. The molecule has 0 saturated carbocycles. The van der Waals surface area contributed by atoms with Crippen molar-refractivity contribution in [3.8, 4) is 0 Å². The summed E-state index contributed by atoms with van der Waals surface area (Å²) in [4.78, 5) is 23.4. The minimum Gasteiger partial charge on any atom is -0.352 e. The van der Waals surface area contributed by atoms with Crippen LogP contribution in [0.1, 0.15) is 22.3 Å². The molecule has 2 rings (SSSR count). The molecule has 0 bridgehead atoms. The van der Waals surface area contributed by atoms with Gasteiger partial charge in [-0.1, -0.05) is 0 Å². The predicted octanol–water partition coefficient (Wildman–Crippen LogP) is 2.68. The van der Waals surface area contributed by atoms with Gasteiger partial charge in [0.25, 0.3) is 5.91 Å². The Morgan fingerprint density at radius 1 is 0.840 bits per heavy atom. The predicted molar refractivity (Wildman–Crippen MR) is 81.5 cm³/mol. The van der Waals surface area contributed by atoms with Crippen molar-refractivity contribution in [1.29, 1.82) is 0 Å². The van der Waals surface area contributed by atoms with Crippen LogP contribution in [0.15, 0.2) is 36.4 Å². The molecule has 2 aromatic rings. The standard InChI is InChI=1S/C17H14F4N2O2/c18-11-1-2-14(15(21)8-11)17(25)22-4-3-16(24)23-9-10-5-12(19)7-13(20)6-10/h1-2,5-8H,3-4,9H2,(H,22,25)(H,23,24). The second kappa shape index (κ2) is 8.27. The van der Waals surface area contributed by atoms with Crippen LogP contribution >= 0.6 is 0 Å². The van der Waals surface area contributed by atoms with Gasteiger partial charge in [-0.05, 0) is 29.8 Å². The molecule has 0 unspecified atom stereocenters. The van der Waals surface area contributed by atoms with Gasteiger partial charge in [-0.15, -0.1) is 0 Å². The first kappa shape index (κ1) is 18.4. The zero-order chi connectivity index (χ0) is 18.4. The number of amides is 2. The summed E-state index contributed by atoms with van der Waals surface area (Å²) in [6.45, 7) is -0.160. The average Bonchev–Trinajstić information content (AvgIpc) is 2.52.